The van der Waals surface area contributed by atoms with Crippen LogP contribution in [0, 0.1) is 0 Å². The first kappa shape index (κ1) is 19.3. The van der Waals surface area contributed by atoms with Gasteiger partial charge >= 0.3 is 0 Å². The molecule has 1 aromatic heterocycles. The molecule has 0 spiro atoms. The van der Waals surface area contributed by atoms with Crippen LogP contribution < -0.4 is 15.4 Å². The second-order valence-electron chi connectivity index (χ2n) is 5.38. The van der Waals surface area contributed by atoms with E-state index < -0.39 is 0 Å². The summed E-state index contributed by atoms with van der Waals surface area (Å²) in [7, 11) is 3.44. The summed E-state index contributed by atoms with van der Waals surface area (Å²) in [5, 5.41) is 17.4. The van der Waals surface area contributed by atoms with Crippen molar-refractivity contribution >= 4 is 29.2 Å². The second-order valence-corrected chi connectivity index (χ2v) is 6.14. The fraction of sp³-hybridized carbons (Fsp3) is 0.353. The maximum atomic E-state index is 9.95. The van der Waals surface area contributed by atoms with Crippen molar-refractivity contribution < 1.29 is 9.84 Å². The van der Waals surface area contributed by atoms with Crippen LogP contribution in [0.2, 0.25) is 10.2 Å². The molecule has 0 aliphatic rings. The first-order valence-corrected chi connectivity index (χ1v) is 8.59. The average molecular weight is 385 g/mol. The van der Waals surface area contributed by atoms with E-state index in [1.807, 2.05) is 24.6 Å². The number of guanidine groups is 1. The lowest BCUT2D eigenvalue weighted by Gasteiger charge is -2.12. The number of phenolic OH excluding ortho intramolecular Hbond substituents is 1. The van der Waals surface area contributed by atoms with E-state index in [1.165, 1.54) is 0 Å². The molecular formula is C17H22Cl2N4O2. The van der Waals surface area contributed by atoms with Gasteiger partial charge in [0, 0.05) is 24.8 Å². The molecule has 0 aliphatic carbocycles. The third-order valence-electron chi connectivity index (χ3n) is 3.69. The normalized spacial score (nSPS) is 11.5. The summed E-state index contributed by atoms with van der Waals surface area (Å²) in [6.07, 6.45) is 0. The molecule has 2 aromatic rings. The highest BCUT2D eigenvalue weighted by atomic mass is 35.5. The Kier molecular flexibility index (Phi) is 6.84. The first-order chi connectivity index (χ1) is 12.0. The van der Waals surface area contributed by atoms with Crippen LogP contribution in [0.3, 0.4) is 0 Å². The topological polar surface area (TPSA) is 70.8 Å². The Hall–Kier alpha value is -2.05. The molecule has 1 aromatic carbocycles. The van der Waals surface area contributed by atoms with Crippen LogP contribution in [0.4, 0.5) is 0 Å². The van der Waals surface area contributed by atoms with Gasteiger partial charge in [0.1, 0.15) is 16.7 Å². The van der Waals surface area contributed by atoms with E-state index in [9.17, 15) is 5.11 Å². The largest absolute Gasteiger partial charge is 0.508 e. The van der Waals surface area contributed by atoms with Crippen LogP contribution in [-0.4, -0.2) is 29.3 Å². The zero-order chi connectivity index (χ0) is 18.4. The average Bonchev–Trinajstić information content (AvgIpc) is 2.85. The Morgan fingerprint density at radius 2 is 2.04 bits per heavy atom. The van der Waals surface area contributed by atoms with Crippen LogP contribution in [-0.2, 0) is 20.1 Å². The van der Waals surface area contributed by atoms with Gasteiger partial charge in [0.05, 0.1) is 25.2 Å². The van der Waals surface area contributed by atoms with Crippen molar-refractivity contribution in [3.8, 4) is 11.5 Å². The van der Waals surface area contributed by atoms with Gasteiger partial charge in [-0.15, -0.1) is 0 Å². The van der Waals surface area contributed by atoms with Crippen molar-refractivity contribution in [1.29, 1.82) is 0 Å². The Morgan fingerprint density at radius 3 is 2.64 bits per heavy atom. The Balaban J connectivity index is 2.09. The van der Waals surface area contributed by atoms with Gasteiger partial charge < -0.3 is 25.0 Å². The molecule has 0 unspecified atom stereocenters. The lowest BCUT2D eigenvalue weighted by Crippen LogP contribution is -2.37. The van der Waals surface area contributed by atoms with Crippen molar-refractivity contribution in [1.82, 2.24) is 15.2 Å². The van der Waals surface area contributed by atoms with E-state index in [2.05, 4.69) is 15.6 Å². The van der Waals surface area contributed by atoms with Gasteiger partial charge in [-0.25, -0.2) is 4.99 Å². The van der Waals surface area contributed by atoms with Crippen molar-refractivity contribution in [3.63, 3.8) is 0 Å². The molecule has 0 amide bonds. The fourth-order valence-corrected chi connectivity index (χ4v) is 2.67. The van der Waals surface area contributed by atoms with Crippen LogP contribution in [0.1, 0.15) is 18.2 Å². The number of benzene rings is 1. The summed E-state index contributed by atoms with van der Waals surface area (Å²) < 4.78 is 6.99. The minimum Gasteiger partial charge on any atom is -0.508 e. The molecule has 0 saturated carbocycles. The zero-order valence-corrected chi connectivity index (χ0v) is 15.9. The number of nitrogens with one attached hydrogen (secondary N) is 2. The molecule has 8 heteroatoms. The molecule has 25 heavy (non-hydrogen) atoms. The van der Waals surface area contributed by atoms with Gasteiger partial charge in [-0.2, -0.15) is 0 Å². The molecule has 1 heterocycles. The number of aromatic hydroxyl groups is 1. The number of phenols is 1. The van der Waals surface area contributed by atoms with Crippen LogP contribution >= 0.6 is 23.2 Å². The molecule has 2 rings (SSSR count). The summed E-state index contributed by atoms with van der Waals surface area (Å²) in [5.41, 5.74) is 1.62. The maximum Gasteiger partial charge on any atom is 0.191 e. The van der Waals surface area contributed by atoms with E-state index >= 15 is 0 Å². The van der Waals surface area contributed by atoms with Crippen LogP contribution in [0.5, 0.6) is 11.5 Å². The number of halogens is 2. The van der Waals surface area contributed by atoms with Crippen molar-refractivity contribution in [2.45, 2.75) is 20.0 Å². The number of aliphatic imine (C=N–C) groups is 1. The van der Waals surface area contributed by atoms with E-state index in [4.69, 9.17) is 27.9 Å². The third-order valence-corrected chi connectivity index (χ3v) is 4.53. The van der Waals surface area contributed by atoms with Gasteiger partial charge in [0.25, 0.3) is 0 Å². The Bertz CT molecular complexity index is 759. The molecule has 0 radical (unpaired) electrons. The van der Waals surface area contributed by atoms with Crippen molar-refractivity contribution in [3.05, 3.63) is 45.7 Å². The highest BCUT2D eigenvalue weighted by molar-refractivity contribution is 6.41. The molecular weight excluding hydrogens is 363 g/mol. The minimum absolute atomic E-state index is 0.182. The predicted molar refractivity (Wildman–Crippen MR) is 102 cm³/mol. The highest BCUT2D eigenvalue weighted by Gasteiger charge is 2.09. The minimum atomic E-state index is 0.182. The fourth-order valence-electron chi connectivity index (χ4n) is 2.25. The molecule has 0 aliphatic heterocycles. The maximum absolute atomic E-state index is 9.95. The van der Waals surface area contributed by atoms with E-state index in [0.29, 0.717) is 47.1 Å². The molecule has 0 atom stereocenters. The number of hydrogen-bond acceptors (Lipinski definition) is 3. The van der Waals surface area contributed by atoms with Crippen molar-refractivity contribution in [2.75, 3.05) is 13.7 Å². The number of hydrogen-bond donors (Lipinski definition) is 3. The van der Waals surface area contributed by atoms with E-state index in [1.54, 1.807) is 25.3 Å². The SMILES string of the molecule is CCNC(=NCc1cc(OC)ccc1O)NCc1cc(Cl)c(Cl)n1C. The Morgan fingerprint density at radius 1 is 1.28 bits per heavy atom. The molecule has 136 valence electrons. The Labute approximate surface area is 157 Å². The summed E-state index contributed by atoms with van der Waals surface area (Å²) in [6, 6.07) is 6.88. The third kappa shape index (κ3) is 4.96. The van der Waals surface area contributed by atoms with E-state index in [0.717, 1.165) is 5.69 Å². The number of rotatable bonds is 6. The van der Waals surface area contributed by atoms with Gasteiger partial charge in [-0.1, -0.05) is 23.2 Å². The quantitative estimate of drug-likeness (QED) is 0.527. The highest BCUT2D eigenvalue weighted by Crippen LogP contribution is 2.25. The number of methoxy groups -OCH3 is 1. The molecule has 6 nitrogen and oxygen atoms in total. The standard InChI is InChI=1S/C17H22Cl2N4O2/c1-4-20-17(22-10-12-8-14(18)16(19)23(12)2)21-9-11-7-13(25-3)5-6-15(11)24/h5-8,24H,4,9-10H2,1-3H3,(H2,20,21,22). The molecule has 0 fully saturated rings. The number of nitrogens with zero attached hydrogens (tertiary/aromatic N) is 2. The predicted octanol–water partition coefficient (Wildman–Crippen LogP) is 3.30. The molecule has 0 saturated heterocycles. The summed E-state index contributed by atoms with van der Waals surface area (Å²) in [4.78, 5) is 4.50. The zero-order valence-electron chi connectivity index (χ0n) is 14.4. The lowest BCUT2D eigenvalue weighted by atomic mass is 10.2. The van der Waals surface area contributed by atoms with E-state index in [-0.39, 0.29) is 5.75 Å². The van der Waals surface area contributed by atoms with Crippen LogP contribution in [0.15, 0.2) is 29.3 Å². The number of aromatic nitrogens is 1. The van der Waals surface area contributed by atoms with Gasteiger partial charge in [-0.3, -0.25) is 0 Å². The van der Waals surface area contributed by atoms with Gasteiger partial charge in [-0.05, 0) is 31.2 Å². The van der Waals surface area contributed by atoms with Crippen LogP contribution in [0.25, 0.3) is 0 Å². The summed E-state index contributed by atoms with van der Waals surface area (Å²) in [5.74, 6) is 1.48. The second kappa shape index (κ2) is 8.87. The smallest absolute Gasteiger partial charge is 0.191 e. The lowest BCUT2D eigenvalue weighted by molar-refractivity contribution is 0.411. The van der Waals surface area contributed by atoms with Crippen molar-refractivity contribution in [2.24, 2.45) is 12.0 Å². The first-order valence-electron chi connectivity index (χ1n) is 7.83. The number of ether oxygens (including phenoxy) is 1. The molecule has 0 bridgehead atoms. The summed E-state index contributed by atoms with van der Waals surface area (Å²) >= 11 is 12.1. The monoisotopic (exact) mass is 384 g/mol. The van der Waals surface area contributed by atoms with Gasteiger partial charge in [0.15, 0.2) is 5.96 Å². The van der Waals surface area contributed by atoms with Gasteiger partial charge in [0.2, 0.25) is 0 Å². The molecule has 3 N–H and O–H groups in total. The summed E-state index contributed by atoms with van der Waals surface area (Å²) in [6.45, 7) is 3.52.